The number of furan rings is 1. The summed E-state index contributed by atoms with van der Waals surface area (Å²) >= 11 is 0. The number of hydrogen-bond acceptors (Lipinski definition) is 5. The predicted octanol–water partition coefficient (Wildman–Crippen LogP) is 4.04. The topological polar surface area (TPSA) is 79.2 Å². The number of carbonyl (C=O) groups excluding carboxylic acids is 1. The number of Topliss-reactive ketones (excluding diaryl/α,β-unsaturated/α-hetero) is 1. The van der Waals surface area contributed by atoms with E-state index in [1.807, 2.05) is 18.2 Å². The molecule has 3 heterocycles. The van der Waals surface area contributed by atoms with Gasteiger partial charge in [0.05, 0.1) is 12.1 Å². The van der Waals surface area contributed by atoms with Crippen molar-refractivity contribution in [2.45, 2.75) is 19.4 Å². The van der Waals surface area contributed by atoms with Crippen molar-refractivity contribution in [2.75, 3.05) is 13.1 Å². The normalized spacial score (nSPS) is 15.7. The average Bonchev–Trinajstić information content (AvgIpc) is 3.15. The van der Waals surface area contributed by atoms with Gasteiger partial charge in [-0.05, 0) is 56.3 Å². The Kier molecular flexibility index (Phi) is 4.86. The summed E-state index contributed by atoms with van der Waals surface area (Å²) in [7, 11) is 0. The monoisotopic (exact) mass is 423 g/mol. The molecule has 1 N–H and O–H groups in total. The molecule has 0 aliphatic carbocycles. The number of rotatable bonds is 4. The third kappa shape index (κ3) is 3.63. The van der Waals surface area contributed by atoms with Crippen LogP contribution >= 0.6 is 0 Å². The highest BCUT2D eigenvalue weighted by atomic mass is 19.1. The van der Waals surface area contributed by atoms with Crippen molar-refractivity contribution in [3.63, 3.8) is 0 Å². The van der Waals surface area contributed by atoms with Crippen LogP contribution in [0, 0.1) is 17.6 Å². The lowest BCUT2D eigenvalue weighted by Gasteiger charge is -2.30. The number of aromatic nitrogens is 2. The maximum Gasteiger partial charge on any atom is 0.294 e. The van der Waals surface area contributed by atoms with Crippen LogP contribution in [0.2, 0.25) is 0 Å². The van der Waals surface area contributed by atoms with Gasteiger partial charge in [0, 0.05) is 11.3 Å². The van der Waals surface area contributed by atoms with Gasteiger partial charge in [0.25, 0.3) is 5.56 Å². The molecule has 1 fully saturated rings. The molecule has 0 spiro atoms. The lowest BCUT2D eigenvalue weighted by molar-refractivity contribution is 0.0828. The molecule has 2 aromatic heterocycles. The molecule has 0 atom stereocenters. The molecule has 0 bridgehead atoms. The highest BCUT2D eigenvalue weighted by Gasteiger charge is 2.28. The number of nitrogens with zero attached hydrogens (tertiary/aromatic N) is 2. The molecule has 8 heteroatoms. The number of carbonyl (C=O) groups is 1. The zero-order chi connectivity index (χ0) is 21.5. The Balaban J connectivity index is 1.31. The van der Waals surface area contributed by atoms with Crippen LogP contribution in [0.1, 0.15) is 29.0 Å². The molecule has 6 nitrogen and oxygen atoms in total. The van der Waals surface area contributed by atoms with Gasteiger partial charge < -0.3 is 9.40 Å². The van der Waals surface area contributed by atoms with E-state index in [1.165, 1.54) is 0 Å². The minimum absolute atomic E-state index is 0.193. The van der Waals surface area contributed by atoms with Crippen LogP contribution in [0.4, 0.5) is 8.78 Å². The van der Waals surface area contributed by atoms with Crippen LogP contribution in [0.15, 0.2) is 51.7 Å². The lowest BCUT2D eigenvalue weighted by atomic mass is 9.88. The van der Waals surface area contributed by atoms with E-state index in [2.05, 4.69) is 14.9 Å². The van der Waals surface area contributed by atoms with E-state index in [4.69, 9.17) is 4.42 Å². The van der Waals surface area contributed by atoms with Crippen molar-refractivity contribution in [3.8, 4) is 0 Å². The van der Waals surface area contributed by atoms with Crippen LogP contribution in [0.25, 0.3) is 22.1 Å². The number of halogens is 2. The average molecular weight is 423 g/mol. The summed E-state index contributed by atoms with van der Waals surface area (Å²) in [6, 6.07) is 10.3. The molecule has 2 aromatic carbocycles. The maximum atomic E-state index is 13.9. The SMILES string of the molecule is O=C(c1cc(F)ccc1F)C1CCN(Cc2nc3c(oc4ccccc43)c(=O)[nH]2)CC1. The lowest BCUT2D eigenvalue weighted by Crippen LogP contribution is -2.37. The van der Waals surface area contributed by atoms with Crippen LogP contribution in [0.3, 0.4) is 0 Å². The van der Waals surface area contributed by atoms with E-state index in [9.17, 15) is 18.4 Å². The zero-order valence-corrected chi connectivity index (χ0v) is 16.5. The van der Waals surface area contributed by atoms with Gasteiger partial charge in [-0.25, -0.2) is 13.8 Å². The fourth-order valence-corrected chi connectivity index (χ4v) is 4.19. The fourth-order valence-electron chi connectivity index (χ4n) is 4.19. The molecule has 31 heavy (non-hydrogen) atoms. The summed E-state index contributed by atoms with van der Waals surface area (Å²) in [5.74, 6) is -1.53. The standard InChI is InChI=1S/C23H19F2N3O3/c24-14-5-6-17(25)16(11-14)21(29)13-7-9-28(10-8-13)12-19-26-20-15-3-1-2-4-18(15)31-22(20)23(30)27-19/h1-6,11,13H,7-10,12H2,(H,26,27,30). The van der Waals surface area contributed by atoms with E-state index in [-0.39, 0.29) is 28.4 Å². The van der Waals surface area contributed by atoms with Gasteiger partial charge in [-0.2, -0.15) is 0 Å². The minimum Gasteiger partial charge on any atom is -0.449 e. The summed E-state index contributed by atoms with van der Waals surface area (Å²) in [5, 5.41) is 0.784. The van der Waals surface area contributed by atoms with Gasteiger partial charge in [-0.3, -0.25) is 14.5 Å². The molecule has 5 rings (SSSR count). The first-order chi connectivity index (χ1) is 15.0. The van der Waals surface area contributed by atoms with Gasteiger partial charge in [-0.15, -0.1) is 0 Å². The largest absolute Gasteiger partial charge is 0.449 e. The maximum absolute atomic E-state index is 13.9. The van der Waals surface area contributed by atoms with Crippen LogP contribution < -0.4 is 5.56 Å². The number of para-hydroxylation sites is 1. The van der Waals surface area contributed by atoms with Crippen molar-refractivity contribution in [3.05, 3.63) is 75.8 Å². The first-order valence-corrected chi connectivity index (χ1v) is 10.1. The second-order valence-corrected chi connectivity index (χ2v) is 7.83. The summed E-state index contributed by atoms with van der Waals surface area (Å²) in [5.41, 5.74) is 0.813. The second kappa shape index (κ2) is 7.70. The second-order valence-electron chi connectivity index (χ2n) is 7.83. The van der Waals surface area contributed by atoms with E-state index in [1.54, 1.807) is 6.07 Å². The van der Waals surface area contributed by atoms with Gasteiger partial charge in [0.1, 0.15) is 28.6 Å². The van der Waals surface area contributed by atoms with Crippen molar-refractivity contribution in [1.82, 2.24) is 14.9 Å². The smallest absolute Gasteiger partial charge is 0.294 e. The Morgan fingerprint density at radius 3 is 2.74 bits per heavy atom. The Morgan fingerprint density at radius 2 is 1.94 bits per heavy atom. The summed E-state index contributed by atoms with van der Waals surface area (Å²) in [6.07, 6.45) is 1.05. The summed E-state index contributed by atoms with van der Waals surface area (Å²) < 4.78 is 33.0. The number of nitrogens with one attached hydrogen (secondary N) is 1. The highest BCUT2D eigenvalue weighted by molar-refractivity contribution is 6.01. The third-order valence-corrected chi connectivity index (χ3v) is 5.81. The van der Waals surface area contributed by atoms with Crippen molar-refractivity contribution in [1.29, 1.82) is 0 Å². The van der Waals surface area contributed by atoms with Crippen LogP contribution in [-0.4, -0.2) is 33.7 Å². The molecule has 158 valence electrons. The number of fused-ring (bicyclic) bond motifs is 3. The quantitative estimate of drug-likeness (QED) is 0.501. The van der Waals surface area contributed by atoms with Crippen LogP contribution in [-0.2, 0) is 6.54 Å². The molecule has 1 aliphatic heterocycles. The molecule has 0 saturated carbocycles. The number of ketones is 1. The van der Waals surface area contributed by atoms with E-state index in [0.29, 0.717) is 49.4 Å². The van der Waals surface area contributed by atoms with E-state index < -0.39 is 11.6 Å². The first-order valence-electron chi connectivity index (χ1n) is 10.1. The number of benzene rings is 2. The van der Waals surface area contributed by atoms with Crippen molar-refractivity contribution < 1.29 is 18.0 Å². The first kappa shape index (κ1) is 19.6. The highest BCUT2D eigenvalue weighted by Crippen LogP contribution is 2.26. The van der Waals surface area contributed by atoms with Crippen molar-refractivity contribution >= 4 is 27.9 Å². The van der Waals surface area contributed by atoms with Gasteiger partial charge >= 0.3 is 0 Å². The Morgan fingerprint density at radius 1 is 1.16 bits per heavy atom. The summed E-state index contributed by atoms with van der Waals surface area (Å²) in [6.45, 7) is 1.59. The Hall–Kier alpha value is -3.39. The fraction of sp³-hybridized carbons (Fsp3) is 0.261. The number of hydrogen-bond donors (Lipinski definition) is 1. The molecular formula is C23H19F2N3O3. The predicted molar refractivity (Wildman–Crippen MR) is 111 cm³/mol. The van der Waals surface area contributed by atoms with Crippen molar-refractivity contribution in [2.24, 2.45) is 5.92 Å². The third-order valence-electron chi connectivity index (χ3n) is 5.81. The van der Waals surface area contributed by atoms with Gasteiger partial charge in [-0.1, -0.05) is 12.1 Å². The molecular weight excluding hydrogens is 404 g/mol. The molecule has 0 amide bonds. The minimum atomic E-state index is -0.698. The molecule has 1 saturated heterocycles. The number of likely N-dealkylation sites (tertiary alicyclic amines) is 1. The number of H-pyrrole nitrogens is 1. The molecule has 0 unspecified atom stereocenters. The summed E-state index contributed by atoms with van der Waals surface area (Å²) in [4.78, 5) is 34.5. The Bertz CT molecular complexity index is 1350. The Labute approximate surface area is 175 Å². The zero-order valence-electron chi connectivity index (χ0n) is 16.5. The molecule has 4 aromatic rings. The van der Waals surface area contributed by atoms with Crippen LogP contribution in [0.5, 0.6) is 0 Å². The van der Waals surface area contributed by atoms with Gasteiger partial charge in [0.15, 0.2) is 5.78 Å². The van der Waals surface area contributed by atoms with Gasteiger partial charge in [0.2, 0.25) is 5.58 Å². The molecule has 1 aliphatic rings. The number of piperidine rings is 1. The number of aromatic amines is 1. The molecule has 0 radical (unpaired) electrons. The van der Waals surface area contributed by atoms with E-state index >= 15 is 0 Å². The van der Waals surface area contributed by atoms with E-state index in [0.717, 1.165) is 23.6 Å².